The van der Waals surface area contributed by atoms with Gasteiger partial charge in [0.1, 0.15) is 5.52 Å². The fraction of sp³-hybridized carbons (Fsp3) is 0.455. The van der Waals surface area contributed by atoms with Crippen LogP contribution in [0.5, 0.6) is 0 Å². The zero-order valence-electron chi connectivity index (χ0n) is 9.68. The molecule has 1 saturated carbocycles. The SMILES string of the molecule is CC(C1CC1)n1c(=O)c(=O)[nH]c2cnc(Cl)nc21. The van der Waals surface area contributed by atoms with E-state index in [1.54, 1.807) is 0 Å². The van der Waals surface area contributed by atoms with Crippen molar-refractivity contribution in [2.45, 2.75) is 25.8 Å². The molecule has 18 heavy (non-hydrogen) atoms. The van der Waals surface area contributed by atoms with Gasteiger partial charge < -0.3 is 4.98 Å². The van der Waals surface area contributed by atoms with Gasteiger partial charge in [0.25, 0.3) is 0 Å². The molecule has 0 bridgehead atoms. The van der Waals surface area contributed by atoms with Crippen molar-refractivity contribution in [3.8, 4) is 0 Å². The Bertz CT molecular complexity index is 732. The van der Waals surface area contributed by atoms with Gasteiger partial charge in [-0.3, -0.25) is 14.2 Å². The van der Waals surface area contributed by atoms with Crippen LogP contribution in [0.3, 0.4) is 0 Å². The van der Waals surface area contributed by atoms with E-state index in [1.807, 2.05) is 6.92 Å². The van der Waals surface area contributed by atoms with Gasteiger partial charge in [-0.1, -0.05) is 0 Å². The summed E-state index contributed by atoms with van der Waals surface area (Å²) in [6.07, 6.45) is 3.56. The number of nitrogens with zero attached hydrogens (tertiary/aromatic N) is 3. The maximum atomic E-state index is 12.0. The largest absolute Gasteiger partial charge is 0.318 e. The summed E-state index contributed by atoms with van der Waals surface area (Å²) in [7, 11) is 0. The first-order valence-electron chi connectivity index (χ1n) is 5.75. The molecule has 3 rings (SSSR count). The fourth-order valence-electron chi connectivity index (χ4n) is 2.17. The van der Waals surface area contributed by atoms with Crippen molar-refractivity contribution in [3.05, 3.63) is 32.2 Å². The molecule has 0 amide bonds. The van der Waals surface area contributed by atoms with Crippen LogP contribution in [-0.4, -0.2) is 19.5 Å². The molecule has 2 heterocycles. The molecule has 2 aromatic heterocycles. The average molecular weight is 267 g/mol. The molecule has 1 atom stereocenters. The van der Waals surface area contributed by atoms with Crippen molar-refractivity contribution < 1.29 is 0 Å². The number of nitrogens with one attached hydrogen (secondary N) is 1. The topological polar surface area (TPSA) is 80.6 Å². The smallest absolute Gasteiger partial charge is 0.313 e. The molecule has 0 radical (unpaired) electrons. The average Bonchev–Trinajstić information content (AvgIpc) is 3.15. The summed E-state index contributed by atoms with van der Waals surface area (Å²) in [5.74, 6) is 0.432. The lowest BCUT2D eigenvalue weighted by Gasteiger charge is -2.15. The van der Waals surface area contributed by atoms with E-state index in [9.17, 15) is 9.59 Å². The molecular formula is C11H11ClN4O2. The summed E-state index contributed by atoms with van der Waals surface area (Å²) in [6, 6.07) is -0.0479. The van der Waals surface area contributed by atoms with E-state index >= 15 is 0 Å². The van der Waals surface area contributed by atoms with Gasteiger partial charge in [0.2, 0.25) is 5.28 Å². The highest BCUT2D eigenvalue weighted by Gasteiger charge is 2.31. The molecule has 6 nitrogen and oxygen atoms in total. The van der Waals surface area contributed by atoms with Gasteiger partial charge in [-0.05, 0) is 37.3 Å². The molecule has 0 spiro atoms. The second-order valence-corrected chi connectivity index (χ2v) is 4.92. The Kier molecular flexibility index (Phi) is 2.48. The van der Waals surface area contributed by atoms with Crippen molar-refractivity contribution in [2.75, 3.05) is 0 Å². The lowest BCUT2D eigenvalue weighted by molar-refractivity contribution is 0.479. The number of aromatic amines is 1. The summed E-state index contributed by atoms with van der Waals surface area (Å²) in [4.78, 5) is 33.9. The molecule has 0 saturated heterocycles. The van der Waals surface area contributed by atoms with Crippen LogP contribution in [0, 0.1) is 5.92 Å². The van der Waals surface area contributed by atoms with Crippen LogP contribution in [0.1, 0.15) is 25.8 Å². The van der Waals surface area contributed by atoms with Gasteiger partial charge in [0, 0.05) is 6.04 Å². The lowest BCUT2D eigenvalue weighted by atomic mass is 10.2. The predicted octanol–water partition coefficient (Wildman–Crippen LogP) is 1.10. The van der Waals surface area contributed by atoms with Crippen LogP contribution < -0.4 is 11.1 Å². The number of rotatable bonds is 2. The Morgan fingerprint density at radius 2 is 2.22 bits per heavy atom. The monoisotopic (exact) mass is 266 g/mol. The zero-order valence-corrected chi connectivity index (χ0v) is 10.4. The summed E-state index contributed by atoms with van der Waals surface area (Å²) < 4.78 is 1.43. The third kappa shape index (κ3) is 1.73. The number of halogens is 1. The van der Waals surface area contributed by atoms with Crippen molar-refractivity contribution in [1.82, 2.24) is 19.5 Å². The minimum atomic E-state index is -0.652. The number of hydrogen-bond donors (Lipinski definition) is 1. The van der Waals surface area contributed by atoms with Crippen LogP contribution >= 0.6 is 11.6 Å². The Morgan fingerprint density at radius 3 is 2.89 bits per heavy atom. The summed E-state index contributed by atoms with van der Waals surface area (Å²) in [5, 5.41) is 0.0608. The van der Waals surface area contributed by atoms with Gasteiger partial charge in [-0.15, -0.1) is 0 Å². The molecule has 7 heteroatoms. The first-order valence-corrected chi connectivity index (χ1v) is 6.13. The third-order valence-corrected chi connectivity index (χ3v) is 3.52. The minimum absolute atomic E-state index is 0.0479. The molecule has 1 aliphatic rings. The van der Waals surface area contributed by atoms with Crippen LogP contribution in [0.2, 0.25) is 5.28 Å². The zero-order chi connectivity index (χ0) is 12.9. The molecular weight excluding hydrogens is 256 g/mol. The summed E-state index contributed by atoms with van der Waals surface area (Å²) in [5.41, 5.74) is -0.423. The van der Waals surface area contributed by atoms with E-state index in [0.29, 0.717) is 17.1 Å². The maximum Gasteiger partial charge on any atom is 0.318 e. The summed E-state index contributed by atoms with van der Waals surface area (Å²) in [6.45, 7) is 1.92. The molecule has 2 aromatic rings. The first kappa shape index (κ1) is 11.4. The lowest BCUT2D eigenvalue weighted by Crippen LogP contribution is -2.38. The molecule has 0 aliphatic heterocycles. The van der Waals surface area contributed by atoms with Crippen molar-refractivity contribution in [3.63, 3.8) is 0 Å². The summed E-state index contributed by atoms with van der Waals surface area (Å²) >= 11 is 5.75. The second kappa shape index (κ2) is 3.91. The van der Waals surface area contributed by atoms with Crippen molar-refractivity contribution >= 4 is 22.8 Å². The van der Waals surface area contributed by atoms with E-state index in [2.05, 4.69) is 15.0 Å². The molecule has 1 fully saturated rings. The van der Waals surface area contributed by atoms with Gasteiger partial charge in [0.15, 0.2) is 5.65 Å². The first-order chi connectivity index (χ1) is 8.58. The second-order valence-electron chi connectivity index (χ2n) is 4.58. The number of aromatic nitrogens is 4. The minimum Gasteiger partial charge on any atom is -0.313 e. The standard InChI is InChI=1S/C11H11ClN4O2/c1-5(6-2-3-6)16-8-7(4-13-11(12)15-8)14-9(17)10(16)18/h4-6H,2-3H2,1H3,(H,14,17). The van der Waals surface area contributed by atoms with E-state index in [-0.39, 0.29) is 11.3 Å². The highest BCUT2D eigenvalue weighted by Crippen LogP contribution is 2.39. The van der Waals surface area contributed by atoms with Crippen LogP contribution in [0.4, 0.5) is 0 Å². The molecule has 1 N–H and O–H groups in total. The van der Waals surface area contributed by atoms with E-state index < -0.39 is 11.1 Å². The highest BCUT2D eigenvalue weighted by atomic mass is 35.5. The molecule has 94 valence electrons. The van der Waals surface area contributed by atoms with Crippen molar-refractivity contribution in [1.29, 1.82) is 0 Å². The highest BCUT2D eigenvalue weighted by molar-refractivity contribution is 6.28. The van der Waals surface area contributed by atoms with Gasteiger partial charge in [-0.25, -0.2) is 4.98 Å². The van der Waals surface area contributed by atoms with E-state index in [0.717, 1.165) is 12.8 Å². The van der Waals surface area contributed by atoms with Crippen molar-refractivity contribution in [2.24, 2.45) is 5.92 Å². The molecule has 0 aromatic carbocycles. The van der Waals surface area contributed by atoms with Crippen LogP contribution in [-0.2, 0) is 0 Å². The Balaban J connectivity index is 2.38. The third-order valence-electron chi connectivity index (χ3n) is 3.34. The number of hydrogen-bond acceptors (Lipinski definition) is 4. The predicted molar refractivity (Wildman–Crippen MR) is 66.9 cm³/mol. The van der Waals surface area contributed by atoms with Gasteiger partial charge >= 0.3 is 11.1 Å². The van der Waals surface area contributed by atoms with E-state index in [1.165, 1.54) is 10.8 Å². The van der Waals surface area contributed by atoms with Gasteiger partial charge in [0.05, 0.1) is 6.20 Å². The quantitative estimate of drug-likeness (QED) is 0.652. The Labute approximate surface area is 107 Å². The van der Waals surface area contributed by atoms with Crippen LogP contribution in [0.25, 0.3) is 11.2 Å². The van der Waals surface area contributed by atoms with Crippen LogP contribution in [0.15, 0.2) is 15.8 Å². The van der Waals surface area contributed by atoms with E-state index in [4.69, 9.17) is 11.6 Å². The molecule has 1 unspecified atom stereocenters. The Morgan fingerprint density at radius 1 is 1.50 bits per heavy atom. The number of H-pyrrole nitrogens is 1. The normalized spacial score (nSPS) is 17.0. The Hall–Kier alpha value is -1.69. The number of fused-ring (bicyclic) bond motifs is 1. The van der Waals surface area contributed by atoms with Gasteiger partial charge in [-0.2, -0.15) is 4.98 Å². The fourth-order valence-corrected chi connectivity index (χ4v) is 2.30. The maximum absolute atomic E-state index is 12.0. The molecule has 1 aliphatic carbocycles.